The molecule has 1 atom stereocenters. The van der Waals surface area contributed by atoms with Crippen molar-refractivity contribution in [1.82, 2.24) is 0 Å². The number of hydrogen-bond donors (Lipinski definition) is 2. The number of anilines is 1. The molecule has 0 saturated heterocycles. The van der Waals surface area contributed by atoms with E-state index in [0.717, 1.165) is 29.7 Å². The number of amides is 2. The van der Waals surface area contributed by atoms with E-state index in [1.54, 1.807) is 6.07 Å². The lowest BCUT2D eigenvalue weighted by Gasteiger charge is -2.18. The molecule has 1 aromatic carbocycles. The summed E-state index contributed by atoms with van der Waals surface area (Å²) in [4.78, 5) is 25.4. The summed E-state index contributed by atoms with van der Waals surface area (Å²) in [6, 6.07) is 4.22. The third kappa shape index (κ3) is 3.23. The summed E-state index contributed by atoms with van der Waals surface area (Å²) in [6.07, 6.45) is 2.68. The Hall–Kier alpha value is -1.73. The number of carbonyl (C=O) groups excluding carboxylic acids is 2. The van der Waals surface area contributed by atoms with Crippen molar-refractivity contribution >= 4 is 44.1 Å². The Morgan fingerprint density at radius 2 is 2.17 bits per heavy atom. The van der Waals surface area contributed by atoms with Crippen LogP contribution in [0.25, 0.3) is 0 Å². The summed E-state index contributed by atoms with van der Waals surface area (Å²) in [7, 11) is 0. The first-order valence-electron chi connectivity index (χ1n) is 7.57. The van der Waals surface area contributed by atoms with Crippen LogP contribution in [-0.4, -0.2) is 11.8 Å². The zero-order valence-corrected chi connectivity index (χ0v) is 15.4. The first kappa shape index (κ1) is 17.1. The molecule has 0 spiro atoms. The molecule has 1 heterocycles. The Labute approximate surface area is 151 Å². The fraction of sp³-hybridized carbons (Fsp3) is 0.294. The standard InChI is InChI=1S/C17H16BrFN2O2S/c1-8-2-5-13-11(6-8)14(15(20)22)17(24-13)21-16(23)10-4-3-9(18)7-12(10)19/h3-4,7-8H,2,5-6H2,1H3,(H2,20,22)(H,21,23)/t8-/m1/s1. The molecule has 2 amide bonds. The molecule has 1 aliphatic rings. The SMILES string of the molecule is C[C@@H]1CCc2sc(NC(=O)c3ccc(Br)cc3F)c(C(N)=O)c2C1. The monoisotopic (exact) mass is 410 g/mol. The molecule has 2 aromatic rings. The number of aryl methyl sites for hydroxylation is 1. The molecule has 1 aliphatic carbocycles. The summed E-state index contributed by atoms with van der Waals surface area (Å²) in [6.45, 7) is 2.13. The maximum atomic E-state index is 14.0. The van der Waals surface area contributed by atoms with Crippen molar-refractivity contribution < 1.29 is 14.0 Å². The molecule has 0 bridgehead atoms. The molecule has 7 heteroatoms. The van der Waals surface area contributed by atoms with Crippen LogP contribution in [0.15, 0.2) is 22.7 Å². The third-order valence-corrected chi connectivity index (χ3v) is 5.86. The first-order valence-corrected chi connectivity index (χ1v) is 9.18. The summed E-state index contributed by atoms with van der Waals surface area (Å²) < 4.78 is 14.5. The van der Waals surface area contributed by atoms with Gasteiger partial charge in [0.1, 0.15) is 10.8 Å². The van der Waals surface area contributed by atoms with Crippen LogP contribution in [-0.2, 0) is 12.8 Å². The van der Waals surface area contributed by atoms with Gasteiger partial charge in [-0.3, -0.25) is 9.59 Å². The van der Waals surface area contributed by atoms with Gasteiger partial charge in [-0.1, -0.05) is 22.9 Å². The number of fused-ring (bicyclic) bond motifs is 1. The Morgan fingerprint density at radius 3 is 2.83 bits per heavy atom. The number of thiophene rings is 1. The summed E-state index contributed by atoms with van der Waals surface area (Å²) in [5.41, 5.74) is 6.75. The van der Waals surface area contributed by atoms with Gasteiger partial charge >= 0.3 is 0 Å². The molecule has 24 heavy (non-hydrogen) atoms. The largest absolute Gasteiger partial charge is 0.365 e. The number of rotatable bonds is 3. The maximum Gasteiger partial charge on any atom is 0.259 e. The smallest absolute Gasteiger partial charge is 0.259 e. The van der Waals surface area contributed by atoms with Crippen molar-refractivity contribution in [2.75, 3.05) is 5.32 Å². The van der Waals surface area contributed by atoms with Gasteiger partial charge in [0.2, 0.25) is 0 Å². The molecule has 126 valence electrons. The van der Waals surface area contributed by atoms with Gasteiger partial charge in [-0.25, -0.2) is 4.39 Å². The topological polar surface area (TPSA) is 72.2 Å². The van der Waals surface area contributed by atoms with E-state index in [-0.39, 0.29) is 5.56 Å². The van der Waals surface area contributed by atoms with Gasteiger partial charge in [0.25, 0.3) is 11.8 Å². The number of halogens is 2. The zero-order chi connectivity index (χ0) is 17.4. The molecule has 0 fully saturated rings. The van der Waals surface area contributed by atoms with Crippen LogP contribution in [0.1, 0.15) is 44.5 Å². The molecule has 0 saturated carbocycles. The Bertz CT molecular complexity index is 834. The van der Waals surface area contributed by atoms with Crippen molar-refractivity contribution in [2.45, 2.75) is 26.2 Å². The van der Waals surface area contributed by atoms with Gasteiger partial charge in [0, 0.05) is 9.35 Å². The average molecular weight is 411 g/mol. The Balaban J connectivity index is 1.95. The van der Waals surface area contributed by atoms with Crippen LogP contribution in [0.5, 0.6) is 0 Å². The minimum absolute atomic E-state index is 0.0756. The highest BCUT2D eigenvalue weighted by Crippen LogP contribution is 2.39. The second-order valence-electron chi connectivity index (χ2n) is 6.00. The number of benzene rings is 1. The highest BCUT2D eigenvalue weighted by molar-refractivity contribution is 9.10. The first-order chi connectivity index (χ1) is 11.4. The van der Waals surface area contributed by atoms with E-state index in [9.17, 15) is 14.0 Å². The molecular formula is C17H16BrFN2O2S. The second kappa shape index (κ2) is 6.64. The van der Waals surface area contributed by atoms with E-state index in [4.69, 9.17) is 5.73 Å². The van der Waals surface area contributed by atoms with Gasteiger partial charge in [0.15, 0.2) is 0 Å². The minimum atomic E-state index is -0.627. The van der Waals surface area contributed by atoms with Gasteiger partial charge in [-0.15, -0.1) is 11.3 Å². The van der Waals surface area contributed by atoms with E-state index >= 15 is 0 Å². The fourth-order valence-corrected chi connectivity index (χ4v) is 4.53. The lowest BCUT2D eigenvalue weighted by atomic mass is 9.87. The van der Waals surface area contributed by atoms with Crippen molar-refractivity contribution in [2.24, 2.45) is 11.7 Å². The van der Waals surface area contributed by atoms with Gasteiger partial charge in [0.05, 0.1) is 11.1 Å². The molecule has 3 rings (SSSR count). The predicted molar refractivity (Wildman–Crippen MR) is 96.1 cm³/mol. The van der Waals surface area contributed by atoms with Crippen LogP contribution < -0.4 is 11.1 Å². The lowest BCUT2D eigenvalue weighted by Crippen LogP contribution is -2.20. The van der Waals surface area contributed by atoms with E-state index in [2.05, 4.69) is 28.2 Å². The van der Waals surface area contributed by atoms with Crippen molar-refractivity contribution in [3.63, 3.8) is 0 Å². The quantitative estimate of drug-likeness (QED) is 0.798. The van der Waals surface area contributed by atoms with Gasteiger partial charge in [-0.05, 0) is 48.9 Å². The highest BCUT2D eigenvalue weighted by atomic mass is 79.9. The summed E-state index contributed by atoms with van der Waals surface area (Å²) in [5, 5.41) is 3.07. The average Bonchev–Trinajstić information content (AvgIpc) is 2.84. The van der Waals surface area contributed by atoms with E-state index in [1.807, 2.05) is 0 Å². The lowest BCUT2D eigenvalue weighted by molar-refractivity contribution is 0.1000. The van der Waals surface area contributed by atoms with Crippen LogP contribution in [0, 0.1) is 11.7 Å². The zero-order valence-electron chi connectivity index (χ0n) is 13.0. The molecule has 1 aromatic heterocycles. The molecule has 0 radical (unpaired) electrons. The van der Waals surface area contributed by atoms with E-state index in [1.165, 1.54) is 23.5 Å². The number of nitrogens with one attached hydrogen (secondary N) is 1. The molecule has 0 aliphatic heterocycles. The van der Waals surface area contributed by atoms with E-state index < -0.39 is 17.6 Å². The molecule has 3 N–H and O–H groups in total. The van der Waals surface area contributed by atoms with Crippen LogP contribution in [0.2, 0.25) is 0 Å². The normalized spacial score (nSPS) is 16.5. The number of carbonyl (C=O) groups is 2. The minimum Gasteiger partial charge on any atom is -0.365 e. The fourth-order valence-electron chi connectivity index (χ4n) is 2.95. The molecule has 0 unspecified atom stereocenters. The van der Waals surface area contributed by atoms with Crippen molar-refractivity contribution in [3.05, 3.63) is 50.1 Å². The number of hydrogen-bond acceptors (Lipinski definition) is 3. The molecule has 4 nitrogen and oxygen atoms in total. The second-order valence-corrected chi connectivity index (χ2v) is 8.02. The predicted octanol–water partition coefficient (Wildman–Crippen LogP) is 4.13. The van der Waals surface area contributed by atoms with Crippen LogP contribution >= 0.6 is 27.3 Å². The van der Waals surface area contributed by atoms with Crippen LogP contribution in [0.4, 0.5) is 9.39 Å². The van der Waals surface area contributed by atoms with Crippen molar-refractivity contribution in [1.29, 1.82) is 0 Å². The van der Waals surface area contributed by atoms with Gasteiger partial charge < -0.3 is 11.1 Å². The highest BCUT2D eigenvalue weighted by Gasteiger charge is 2.27. The maximum absolute atomic E-state index is 14.0. The Morgan fingerprint density at radius 1 is 1.42 bits per heavy atom. The third-order valence-electron chi connectivity index (χ3n) is 4.16. The van der Waals surface area contributed by atoms with Gasteiger partial charge in [-0.2, -0.15) is 0 Å². The Kier molecular flexibility index (Phi) is 4.73. The summed E-state index contributed by atoms with van der Waals surface area (Å²) in [5.74, 6) is -1.31. The molecular weight excluding hydrogens is 395 g/mol. The number of primary amides is 1. The van der Waals surface area contributed by atoms with Crippen molar-refractivity contribution in [3.8, 4) is 0 Å². The summed E-state index contributed by atoms with van der Waals surface area (Å²) >= 11 is 4.52. The van der Waals surface area contributed by atoms with E-state index in [0.29, 0.717) is 21.0 Å². The number of nitrogens with two attached hydrogens (primary N) is 1. The van der Waals surface area contributed by atoms with Crippen LogP contribution in [0.3, 0.4) is 0 Å².